The summed E-state index contributed by atoms with van der Waals surface area (Å²) >= 11 is 0. The Morgan fingerprint density at radius 2 is 1.84 bits per heavy atom. The molecule has 0 amide bonds. The average molecular weight is 253 g/mol. The molecule has 2 aromatic heterocycles. The molecule has 0 atom stereocenters. The Kier molecular flexibility index (Phi) is 2.67. The third kappa shape index (κ3) is 2.03. The number of hydrogen-bond acceptors (Lipinski definition) is 4. The number of H-pyrrole nitrogens is 1. The lowest BCUT2D eigenvalue weighted by atomic mass is 10.0. The predicted octanol–water partition coefficient (Wildman–Crippen LogP) is 2.73. The van der Waals surface area contributed by atoms with Crippen LogP contribution in [0.4, 0.5) is 5.95 Å². The minimum absolute atomic E-state index is 0.250. The number of aromatic nitrogens is 4. The number of benzene rings is 1. The molecule has 0 aliphatic heterocycles. The van der Waals surface area contributed by atoms with E-state index in [1.165, 1.54) is 5.56 Å². The number of anilines is 1. The summed E-state index contributed by atoms with van der Waals surface area (Å²) in [5, 5.41) is 7.69. The molecule has 0 radical (unpaired) electrons. The van der Waals surface area contributed by atoms with Gasteiger partial charge in [0.1, 0.15) is 0 Å². The summed E-state index contributed by atoms with van der Waals surface area (Å²) in [5.41, 5.74) is 9.52. The van der Waals surface area contributed by atoms with E-state index < -0.39 is 0 Å². The van der Waals surface area contributed by atoms with E-state index in [-0.39, 0.29) is 5.95 Å². The summed E-state index contributed by atoms with van der Waals surface area (Å²) in [7, 11) is 0. The Balaban J connectivity index is 2.15. The molecule has 19 heavy (non-hydrogen) atoms. The van der Waals surface area contributed by atoms with E-state index in [1.54, 1.807) is 6.20 Å². The standard InChI is InChI=1S/C14H15N5/c1-8(2)9-3-5-10(6-4-9)12-11-7-16-19-13(11)18-14(15)17-12/h3-8H,1-2H3,(H3,15,16,17,18,19). The van der Waals surface area contributed by atoms with Gasteiger partial charge in [0.15, 0.2) is 5.65 Å². The van der Waals surface area contributed by atoms with E-state index >= 15 is 0 Å². The number of rotatable bonds is 2. The first-order valence-corrected chi connectivity index (χ1v) is 6.22. The first kappa shape index (κ1) is 11.6. The van der Waals surface area contributed by atoms with Gasteiger partial charge in [0.2, 0.25) is 5.95 Å². The second kappa shape index (κ2) is 4.35. The van der Waals surface area contributed by atoms with Crippen molar-refractivity contribution in [2.24, 2.45) is 0 Å². The first-order valence-electron chi connectivity index (χ1n) is 6.22. The molecule has 96 valence electrons. The molecular formula is C14H15N5. The number of aromatic amines is 1. The van der Waals surface area contributed by atoms with Crippen molar-refractivity contribution in [3.8, 4) is 11.3 Å². The van der Waals surface area contributed by atoms with Crippen LogP contribution in [0, 0.1) is 0 Å². The van der Waals surface area contributed by atoms with Gasteiger partial charge in [-0.2, -0.15) is 10.1 Å². The minimum Gasteiger partial charge on any atom is -0.368 e. The second-order valence-electron chi connectivity index (χ2n) is 4.84. The minimum atomic E-state index is 0.250. The number of nitrogen functional groups attached to an aromatic ring is 1. The van der Waals surface area contributed by atoms with Crippen LogP contribution in [0.3, 0.4) is 0 Å². The van der Waals surface area contributed by atoms with Crippen LogP contribution < -0.4 is 5.73 Å². The molecule has 0 bridgehead atoms. The van der Waals surface area contributed by atoms with Gasteiger partial charge in [-0.3, -0.25) is 5.10 Å². The third-order valence-electron chi connectivity index (χ3n) is 3.18. The third-order valence-corrected chi connectivity index (χ3v) is 3.18. The summed E-state index contributed by atoms with van der Waals surface area (Å²) in [5.74, 6) is 0.762. The Labute approximate surface area is 110 Å². The zero-order valence-electron chi connectivity index (χ0n) is 10.9. The van der Waals surface area contributed by atoms with E-state index in [0.717, 1.165) is 16.6 Å². The highest BCUT2D eigenvalue weighted by molar-refractivity contribution is 5.90. The molecule has 2 heterocycles. The monoisotopic (exact) mass is 253 g/mol. The number of nitrogens with zero attached hydrogens (tertiary/aromatic N) is 3. The fraction of sp³-hybridized carbons (Fsp3) is 0.214. The molecule has 5 heteroatoms. The van der Waals surface area contributed by atoms with Crippen molar-refractivity contribution in [3.05, 3.63) is 36.0 Å². The van der Waals surface area contributed by atoms with Crippen LogP contribution in [-0.4, -0.2) is 20.2 Å². The molecule has 3 rings (SSSR count). The fourth-order valence-corrected chi connectivity index (χ4v) is 2.10. The Hall–Kier alpha value is -2.43. The largest absolute Gasteiger partial charge is 0.368 e. The predicted molar refractivity (Wildman–Crippen MR) is 75.6 cm³/mol. The van der Waals surface area contributed by atoms with Crippen molar-refractivity contribution < 1.29 is 0 Å². The first-order chi connectivity index (χ1) is 9.15. The van der Waals surface area contributed by atoms with Gasteiger partial charge in [0.25, 0.3) is 0 Å². The quantitative estimate of drug-likeness (QED) is 0.735. The van der Waals surface area contributed by atoms with E-state index in [2.05, 4.69) is 58.3 Å². The number of nitrogens with one attached hydrogen (secondary N) is 1. The molecule has 0 aliphatic carbocycles. The average Bonchev–Trinajstić information content (AvgIpc) is 2.85. The van der Waals surface area contributed by atoms with Gasteiger partial charge in [-0.1, -0.05) is 38.1 Å². The van der Waals surface area contributed by atoms with Crippen molar-refractivity contribution in [2.75, 3.05) is 5.73 Å². The van der Waals surface area contributed by atoms with Crippen LogP contribution >= 0.6 is 0 Å². The zero-order chi connectivity index (χ0) is 13.4. The lowest BCUT2D eigenvalue weighted by Crippen LogP contribution is -1.97. The lowest BCUT2D eigenvalue weighted by molar-refractivity contribution is 0.867. The molecule has 5 nitrogen and oxygen atoms in total. The smallest absolute Gasteiger partial charge is 0.222 e. The SMILES string of the molecule is CC(C)c1ccc(-c2nc(N)nc3[nH]ncc23)cc1. The lowest BCUT2D eigenvalue weighted by Gasteiger charge is -2.07. The van der Waals surface area contributed by atoms with Gasteiger partial charge in [-0.25, -0.2) is 4.98 Å². The summed E-state index contributed by atoms with van der Waals surface area (Å²) in [6.07, 6.45) is 1.72. The van der Waals surface area contributed by atoms with Gasteiger partial charge < -0.3 is 5.73 Å². The number of hydrogen-bond donors (Lipinski definition) is 2. The summed E-state index contributed by atoms with van der Waals surface area (Å²) in [4.78, 5) is 8.44. The molecule has 0 aliphatic rings. The van der Waals surface area contributed by atoms with Gasteiger partial charge in [-0.05, 0) is 11.5 Å². The Morgan fingerprint density at radius 1 is 1.11 bits per heavy atom. The summed E-state index contributed by atoms with van der Waals surface area (Å²) in [6.45, 7) is 4.35. The Bertz CT molecular complexity index is 712. The molecule has 0 saturated heterocycles. The van der Waals surface area contributed by atoms with Crippen LogP contribution in [0.2, 0.25) is 0 Å². The highest BCUT2D eigenvalue weighted by Gasteiger charge is 2.10. The van der Waals surface area contributed by atoms with E-state index in [9.17, 15) is 0 Å². The molecule has 0 saturated carbocycles. The van der Waals surface area contributed by atoms with Crippen LogP contribution in [-0.2, 0) is 0 Å². The molecule has 0 unspecified atom stereocenters. The van der Waals surface area contributed by atoms with Gasteiger partial charge in [0.05, 0.1) is 17.3 Å². The van der Waals surface area contributed by atoms with Crippen LogP contribution in [0.5, 0.6) is 0 Å². The van der Waals surface area contributed by atoms with Crippen molar-refractivity contribution >= 4 is 17.0 Å². The highest BCUT2D eigenvalue weighted by atomic mass is 15.2. The number of nitrogens with two attached hydrogens (primary N) is 1. The van der Waals surface area contributed by atoms with E-state index in [0.29, 0.717) is 11.6 Å². The normalized spacial score (nSPS) is 11.3. The Morgan fingerprint density at radius 3 is 2.53 bits per heavy atom. The van der Waals surface area contributed by atoms with Crippen LogP contribution in [0.25, 0.3) is 22.3 Å². The molecule has 0 spiro atoms. The zero-order valence-corrected chi connectivity index (χ0v) is 10.9. The van der Waals surface area contributed by atoms with Gasteiger partial charge in [-0.15, -0.1) is 0 Å². The number of fused-ring (bicyclic) bond motifs is 1. The van der Waals surface area contributed by atoms with Crippen molar-refractivity contribution in [1.82, 2.24) is 20.2 Å². The maximum atomic E-state index is 5.73. The van der Waals surface area contributed by atoms with Gasteiger partial charge in [0, 0.05) is 5.56 Å². The van der Waals surface area contributed by atoms with E-state index in [4.69, 9.17) is 5.73 Å². The maximum Gasteiger partial charge on any atom is 0.222 e. The highest BCUT2D eigenvalue weighted by Crippen LogP contribution is 2.26. The maximum absolute atomic E-state index is 5.73. The molecular weight excluding hydrogens is 238 g/mol. The fourth-order valence-electron chi connectivity index (χ4n) is 2.10. The van der Waals surface area contributed by atoms with Crippen molar-refractivity contribution in [2.45, 2.75) is 19.8 Å². The van der Waals surface area contributed by atoms with Crippen molar-refractivity contribution in [3.63, 3.8) is 0 Å². The van der Waals surface area contributed by atoms with Crippen molar-refractivity contribution in [1.29, 1.82) is 0 Å². The molecule has 3 N–H and O–H groups in total. The van der Waals surface area contributed by atoms with Gasteiger partial charge >= 0.3 is 0 Å². The molecule has 1 aromatic carbocycles. The van der Waals surface area contributed by atoms with Crippen LogP contribution in [0.1, 0.15) is 25.3 Å². The summed E-state index contributed by atoms with van der Waals surface area (Å²) in [6, 6.07) is 8.35. The van der Waals surface area contributed by atoms with Crippen LogP contribution in [0.15, 0.2) is 30.5 Å². The molecule has 3 aromatic rings. The van der Waals surface area contributed by atoms with E-state index in [1.807, 2.05) is 0 Å². The molecule has 0 fully saturated rings. The second-order valence-corrected chi connectivity index (χ2v) is 4.84. The topological polar surface area (TPSA) is 80.5 Å². The summed E-state index contributed by atoms with van der Waals surface area (Å²) < 4.78 is 0.